The monoisotopic (exact) mass is 247 g/mol. The highest BCUT2D eigenvalue weighted by molar-refractivity contribution is 6.20. The Morgan fingerprint density at radius 1 is 1.56 bits per heavy atom. The van der Waals surface area contributed by atoms with Crippen molar-refractivity contribution in [3.05, 3.63) is 0 Å². The van der Waals surface area contributed by atoms with Gasteiger partial charge in [0, 0.05) is 6.54 Å². The normalized spacial score (nSPS) is 25.6. The first-order chi connectivity index (χ1) is 7.34. The van der Waals surface area contributed by atoms with E-state index in [-0.39, 0.29) is 5.88 Å². The van der Waals surface area contributed by atoms with Crippen molar-refractivity contribution in [1.82, 2.24) is 4.90 Å². The van der Waals surface area contributed by atoms with E-state index in [0.717, 1.165) is 12.7 Å². The summed E-state index contributed by atoms with van der Waals surface area (Å²) < 4.78 is 5.25. The highest BCUT2D eigenvalue weighted by Crippen LogP contribution is 2.30. The number of aldehydes is 1. The number of carbonyl (C=O) groups excluding carboxylic acids is 2. The van der Waals surface area contributed by atoms with E-state index >= 15 is 0 Å². The van der Waals surface area contributed by atoms with Crippen LogP contribution in [0.4, 0.5) is 4.79 Å². The zero-order chi connectivity index (χ0) is 12.4. The quantitative estimate of drug-likeness (QED) is 0.555. The first kappa shape index (κ1) is 13.3. The Kier molecular flexibility index (Phi) is 3.84. The van der Waals surface area contributed by atoms with Gasteiger partial charge in [-0.2, -0.15) is 0 Å². The molecule has 1 unspecified atom stereocenters. The SMILES string of the molecule is CC(C)(C)OC(=O)N1CCCC1(C=O)CCl. The Balaban J connectivity index is 2.79. The summed E-state index contributed by atoms with van der Waals surface area (Å²) in [6, 6.07) is 0. The summed E-state index contributed by atoms with van der Waals surface area (Å²) in [5, 5.41) is 0. The molecule has 16 heavy (non-hydrogen) atoms. The second-order valence-electron chi connectivity index (χ2n) is 5.09. The van der Waals surface area contributed by atoms with E-state index in [1.807, 2.05) is 0 Å². The van der Waals surface area contributed by atoms with Gasteiger partial charge >= 0.3 is 6.09 Å². The molecule has 0 N–H and O–H groups in total. The summed E-state index contributed by atoms with van der Waals surface area (Å²) >= 11 is 5.79. The van der Waals surface area contributed by atoms with Crippen molar-refractivity contribution in [2.75, 3.05) is 12.4 Å². The molecule has 0 aromatic carbocycles. The maximum atomic E-state index is 11.9. The minimum atomic E-state index is -0.871. The van der Waals surface area contributed by atoms with Crippen LogP contribution in [0.15, 0.2) is 0 Å². The molecule has 0 aliphatic carbocycles. The predicted octanol–water partition coefficient (Wildman–Crippen LogP) is 2.19. The summed E-state index contributed by atoms with van der Waals surface area (Å²) in [6.07, 6.45) is 1.69. The number of halogens is 1. The molecule has 0 aromatic heterocycles. The minimum Gasteiger partial charge on any atom is -0.444 e. The molecule has 0 bridgehead atoms. The lowest BCUT2D eigenvalue weighted by molar-refractivity contribution is -0.116. The van der Waals surface area contributed by atoms with Gasteiger partial charge in [-0.1, -0.05) is 0 Å². The molecule has 1 aliphatic rings. The number of hydrogen-bond acceptors (Lipinski definition) is 3. The lowest BCUT2D eigenvalue weighted by Crippen LogP contribution is -2.51. The van der Waals surface area contributed by atoms with Gasteiger partial charge in [-0.15, -0.1) is 11.6 Å². The second kappa shape index (κ2) is 4.62. The fraction of sp³-hybridized carbons (Fsp3) is 0.818. The lowest BCUT2D eigenvalue weighted by atomic mass is 10.0. The highest BCUT2D eigenvalue weighted by atomic mass is 35.5. The third kappa shape index (κ3) is 2.67. The summed E-state index contributed by atoms with van der Waals surface area (Å²) in [5.74, 6) is 0.121. The molecule has 92 valence electrons. The summed E-state index contributed by atoms with van der Waals surface area (Å²) in [7, 11) is 0. The average Bonchev–Trinajstić information content (AvgIpc) is 2.59. The Hall–Kier alpha value is -0.770. The third-order valence-corrected chi connectivity index (χ3v) is 3.06. The Morgan fingerprint density at radius 2 is 2.19 bits per heavy atom. The van der Waals surface area contributed by atoms with Gasteiger partial charge in [0.15, 0.2) is 0 Å². The molecule has 1 rings (SSSR count). The Bertz CT molecular complexity index is 287. The van der Waals surface area contributed by atoms with Gasteiger partial charge < -0.3 is 9.53 Å². The van der Waals surface area contributed by atoms with Crippen LogP contribution in [-0.2, 0) is 9.53 Å². The van der Waals surface area contributed by atoms with Crippen LogP contribution in [0.5, 0.6) is 0 Å². The van der Waals surface area contributed by atoms with Gasteiger partial charge in [-0.05, 0) is 33.6 Å². The molecule has 1 amide bonds. The van der Waals surface area contributed by atoms with Gasteiger partial charge in [0.25, 0.3) is 0 Å². The minimum absolute atomic E-state index is 0.121. The van der Waals surface area contributed by atoms with Crippen molar-refractivity contribution in [3.63, 3.8) is 0 Å². The fourth-order valence-corrected chi connectivity index (χ4v) is 2.12. The molecule has 1 saturated heterocycles. The van der Waals surface area contributed by atoms with Crippen LogP contribution in [0, 0.1) is 0 Å². The van der Waals surface area contributed by atoms with E-state index in [1.54, 1.807) is 20.8 Å². The molecule has 5 heteroatoms. The van der Waals surface area contributed by atoms with Crippen molar-refractivity contribution in [2.45, 2.75) is 44.8 Å². The first-order valence-corrected chi connectivity index (χ1v) is 5.91. The smallest absolute Gasteiger partial charge is 0.411 e. The van der Waals surface area contributed by atoms with Crippen LogP contribution in [0.2, 0.25) is 0 Å². The van der Waals surface area contributed by atoms with Gasteiger partial charge in [0.1, 0.15) is 17.4 Å². The van der Waals surface area contributed by atoms with E-state index in [4.69, 9.17) is 16.3 Å². The largest absolute Gasteiger partial charge is 0.444 e. The Labute approximate surface area is 101 Å². The van der Waals surface area contributed by atoms with Gasteiger partial charge in [0.2, 0.25) is 0 Å². The van der Waals surface area contributed by atoms with E-state index in [0.29, 0.717) is 13.0 Å². The van der Waals surface area contributed by atoms with Crippen LogP contribution in [0.25, 0.3) is 0 Å². The molecule has 0 aromatic rings. The number of rotatable bonds is 2. The maximum Gasteiger partial charge on any atom is 0.411 e. The van der Waals surface area contributed by atoms with Crippen molar-refractivity contribution in [1.29, 1.82) is 0 Å². The van der Waals surface area contributed by atoms with E-state index in [9.17, 15) is 9.59 Å². The fourth-order valence-electron chi connectivity index (χ4n) is 1.78. The third-order valence-electron chi connectivity index (χ3n) is 2.59. The number of amides is 1. The number of carbonyl (C=O) groups is 2. The van der Waals surface area contributed by atoms with Crippen LogP contribution in [0.3, 0.4) is 0 Å². The van der Waals surface area contributed by atoms with Crippen LogP contribution in [-0.4, -0.2) is 40.8 Å². The Morgan fingerprint density at radius 3 is 2.62 bits per heavy atom. The zero-order valence-electron chi connectivity index (χ0n) is 9.96. The summed E-state index contributed by atoms with van der Waals surface area (Å²) in [6.45, 7) is 5.92. The topological polar surface area (TPSA) is 46.6 Å². The standard InChI is InChI=1S/C11H18ClNO3/c1-10(2,3)16-9(15)13-6-4-5-11(13,7-12)8-14/h8H,4-7H2,1-3H3. The van der Waals surface area contributed by atoms with Crippen LogP contribution < -0.4 is 0 Å². The molecule has 1 heterocycles. The molecule has 4 nitrogen and oxygen atoms in total. The number of alkyl halides is 1. The van der Waals surface area contributed by atoms with Crippen LogP contribution in [0.1, 0.15) is 33.6 Å². The van der Waals surface area contributed by atoms with E-state index in [1.165, 1.54) is 4.90 Å². The van der Waals surface area contributed by atoms with Gasteiger partial charge in [-0.25, -0.2) is 4.79 Å². The summed E-state index contributed by atoms with van der Waals surface area (Å²) in [5.41, 5.74) is -1.43. The number of likely N-dealkylation sites (tertiary alicyclic amines) is 1. The molecular weight excluding hydrogens is 230 g/mol. The summed E-state index contributed by atoms with van der Waals surface area (Å²) in [4.78, 5) is 24.4. The van der Waals surface area contributed by atoms with Crippen LogP contribution >= 0.6 is 11.6 Å². The average molecular weight is 248 g/mol. The molecule has 1 aliphatic heterocycles. The molecule has 0 saturated carbocycles. The number of ether oxygens (including phenoxy) is 1. The second-order valence-corrected chi connectivity index (χ2v) is 5.36. The lowest BCUT2D eigenvalue weighted by Gasteiger charge is -2.33. The van der Waals surface area contributed by atoms with E-state index in [2.05, 4.69) is 0 Å². The van der Waals surface area contributed by atoms with Gasteiger partial charge in [-0.3, -0.25) is 4.90 Å². The van der Waals surface area contributed by atoms with Crippen molar-refractivity contribution in [2.24, 2.45) is 0 Å². The molecule has 0 radical (unpaired) electrons. The van der Waals surface area contributed by atoms with Crippen molar-refractivity contribution >= 4 is 24.0 Å². The molecule has 1 atom stereocenters. The highest BCUT2D eigenvalue weighted by Gasteiger charge is 2.44. The number of hydrogen-bond donors (Lipinski definition) is 0. The maximum absolute atomic E-state index is 11.9. The number of nitrogens with zero attached hydrogens (tertiary/aromatic N) is 1. The predicted molar refractivity (Wildman–Crippen MR) is 61.7 cm³/mol. The molecular formula is C11H18ClNO3. The van der Waals surface area contributed by atoms with E-state index < -0.39 is 17.2 Å². The van der Waals surface area contributed by atoms with Crippen molar-refractivity contribution < 1.29 is 14.3 Å². The molecule has 0 spiro atoms. The van der Waals surface area contributed by atoms with Crippen molar-refractivity contribution in [3.8, 4) is 0 Å². The first-order valence-electron chi connectivity index (χ1n) is 5.37. The zero-order valence-corrected chi connectivity index (χ0v) is 10.7. The molecule has 1 fully saturated rings. The van der Waals surface area contributed by atoms with Gasteiger partial charge in [0.05, 0.1) is 5.88 Å².